The Balaban J connectivity index is 2.48. The van der Waals surface area contributed by atoms with E-state index >= 15 is 0 Å². The largest absolute Gasteiger partial charge is 0.465 e. The van der Waals surface area contributed by atoms with E-state index in [0.29, 0.717) is 18.7 Å². The minimum atomic E-state index is -0.352. The zero-order chi connectivity index (χ0) is 12.0. The van der Waals surface area contributed by atoms with E-state index in [9.17, 15) is 4.79 Å². The lowest BCUT2D eigenvalue weighted by Crippen LogP contribution is -2.23. The highest BCUT2D eigenvalue weighted by atomic mass is 16.5. The zero-order valence-corrected chi connectivity index (χ0v) is 9.56. The highest BCUT2D eigenvalue weighted by molar-refractivity contribution is 5.89. The number of rotatable bonds is 5. The van der Waals surface area contributed by atoms with E-state index in [-0.39, 0.29) is 12.1 Å². The first-order valence-corrected chi connectivity index (χ1v) is 5.19. The fourth-order valence-corrected chi connectivity index (χ4v) is 1.30. The number of aliphatic hydroxyl groups is 1. The Morgan fingerprint density at radius 2 is 2.06 bits per heavy atom. The molecule has 0 amide bonds. The van der Waals surface area contributed by atoms with Crippen molar-refractivity contribution in [3.05, 3.63) is 35.4 Å². The Labute approximate surface area is 95.2 Å². The second-order valence-corrected chi connectivity index (χ2v) is 3.67. The molecule has 1 atom stereocenters. The average Bonchev–Trinajstić information content (AvgIpc) is 2.28. The lowest BCUT2D eigenvalue weighted by molar-refractivity contribution is 0.0600. The summed E-state index contributed by atoms with van der Waals surface area (Å²) in [6.07, 6.45) is -0.352. The number of hydrogen-bond donors (Lipinski definition) is 2. The molecule has 4 heteroatoms. The smallest absolute Gasteiger partial charge is 0.337 e. The van der Waals surface area contributed by atoms with Crippen LogP contribution < -0.4 is 5.32 Å². The van der Waals surface area contributed by atoms with Gasteiger partial charge in [-0.05, 0) is 24.6 Å². The van der Waals surface area contributed by atoms with E-state index < -0.39 is 0 Å². The molecule has 0 bridgehead atoms. The molecule has 1 aromatic carbocycles. The molecule has 16 heavy (non-hydrogen) atoms. The van der Waals surface area contributed by atoms with Gasteiger partial charge in [0, 0.05) is 13.1 Å². The van der Waals surface area contributed by atoms with Crippen LogP contribution in [0.2, 0.25) is 0 Å². The summed E-state index contributed by atoms with van der Waals surface area (Å²) in [6, 6.07) is 7.18. The van der Waals surface area contributed by atoms with Gasteiger partial charge in [-0.15, -0.1) is 0 Å². The molecule has 0 radical (unpaired) electrons. The number of carbonyl (C=O) groups excluding carboxylic acids is 1. The number of ether oxygens (including phenoxy) is 1. The fourth-order valence-electron chi connectivity index (χ4n) is 1.30. The molecule has 88 valence electrons. The Hall–Kier alpha value is -1.39. The van der Waals surface area contributed by atoms with Crippen LogP contribution in [0, 0.1) is 0 Å². The maximum Gasteiger partial charge on any atom is 0.337 e. The van der Waals surface area contributed by atoms with Gasteiger partial charge < -0.3 is 15.2 Å². The Morgan fingerprint density at radius 1 is 1.44 bits per heavy atom. The van der Waals surface area contributed by atoms with Crippen LogP contribution in [0.5, 0.6) is 0 Å². The highest BCUT2D eigenvalue weighted by Gasteiger charge is 2.04. The molecule has 0 fully saturated rings. The monoisotopic (exact) mass is 223 g/mol. The van der Waals surface area contributed by atoms with E-state index in [4.69, 9.17) is 5.11 Å². The lowest BCUT2D eigenvalue weighted by Gasteiger charge is -2.07. The summed E-state index contributed by atoms with van der Waals surface area (Å²) in [4.78, 5) is 11.2. The molecule has 0 aliphatic heterocycles. The highest BCUT2D eigenvalue weighted by Crippen LogP contribution is 2.05. The third kappa shape index (κ3) is 4.00. The number of methoxy groups -OCH3 is 1. The van der Waals surface area contributed by atoms with Crippen molar-refractivity contribution in [1.82, 2.24) is 5.32 Å². The maximum atomic E-state index is 11.2. The van der Waals surface area contributed by atoms with E-state index in [1.165, 1.54) is 7.11 Å². The molecule has 2 N–H and O–H groups in total. The first-order chi connectivity index (χ1) is 7.63. The molecule has 0 saturated heterocycles. The van der Waals surface area contributed by atoms with Crippen molar-refractivity contribution in [2.45, 2.75) is 19.6 Å². The van der Waals surface area contributed by atoms with E-state index in [1.54, 1.807) is 19.1 Å². The van der Waals surface area contributed by atoms with Crippen LogP contribution in [0.15, 0.2) is 24.3 Å². The molecule has 0 spiro atoms. The molecular formula is C12H17NO3. The van der Waals surface area contributed by atoms with Gasteiger partial charge in [-0.3, -0.25) is 0 Å². The molecule has 0 unspecified atom stereocenters. The third-order valence-electron chi connectivity index (χ3n) is 2.14. The predicted molar refractivity (Wildman–Crippen MR) is 61.2 cm³/mol. The first kappa shape index (κ1) is 12.7. The van der Waals surface area contributed by atoms with Gasteiger partial charge in [0.1, 0.15) is 0 Å². The maximum absolute atomic E-state index is 11.2. The van der Waals surface area contributed by atoms with Gasteiger partial charge in [0.25, 0.3) is 0 Å². The van der Waals surface area contributed by atoms with Crippen LogP contribution in [0.4, 0.5) is 0 Å². The van der Waals surface area contributed by atoms with Crippen molar-refractivity contribution in [3.63, 3.8) is 0 Å². The molecule has 0 aromatic heterocycles. The second-order valence-electron chi connectivity index (χ2n) is 3.67. The summed E-state index contributed by atoms with van der Waals surface area (Å²) in [5.41, 5.74) is 1.61. The fraction of sp³-hybridized carbons (Fsp3) is 0.417. The summed E-state index contributed by atoms with van der Waals surface area (Å²) in [6.45, 7) is 2.96. The summed E-state index contributed by atoms with van der Waals surface area (Å²) < 4.78 is 4.60. The van der Waals surface area contributed by atoms with Crippen LogP contribution in [0.3, 0.4) is 0 Å². The Bertz CT molecular complexity index is 333. The lowest BCUT2D eigenvalue weighted by atomic mass is 10.1. The molecule has 1 aromatic rings. The van der Waals surface area contributed by atoms with E-state index in [1.807, 2.05) is 12.1 Å². The van der Waals surface area contributed by atoms with Crippen LogP contribution in [-0.2, 0) is 11.3 Å². The summed E-state index contributed by atoms with van der Waals surface area (Å²) in [5.74, 6) is -0.330. The third-order valence-corrected chi connectivity index (χ3v) is 2.14. The molecule has 0 aliphatic carbocycles. The quantitative estimate of drug-likeness (QED) is 0.729. The summed E-state index contributed by atoms with van der Waals surface area (Å²) >= 11 is 0. The molecule has 0 heterocycles. The van der Waals surface area contributed by atoms with Crippen molar-refractivity contribution in [1.29, 1.82) is 0 Å². The number of nitrogens with one attached hydrogen (secondary N) is 1. The standard InChI is InChI=1S/C12H17NO3/c1-9(14)7-13-8-10-3-5-11(6-4-10)12(15)16-2/h3-6,9,13-14H,7-8H2,1-2H3/t9-/m0/s1. The molecule has 1 rings (SSSR count). The Morgan fingerprint density at radius 3 is 2.56 bits per heavy atom. The van der Waals surface area contributed by atoms with Gasteiger partial charge in [0.05, 0.1) is 18.8 Å². The van der Waals surface area contributed by atoms with Crippen LogP contribution in [0.25, 0.3) is 0 Å². The SMILES string of the molecule is COC(=O)c1ccc(CNC[C@H](C)O)cc1. The number of aliphatic hydroxyl groups excluding tert-OH is 1. The van der Waals surface area contributed by atoms with Crippen LogP contribution in [0.1, 0.15) is 22.8 Å². The van der Waals surface area contributed by atoms with Gasteiger partial charge in [-0.1, -0.05) is 12.1 Å². The molecule has 0 saturated carbocycles. The number of hydrogen-bond acceptors (Lipinski definition) is 4. The van der Waals surface area contributed by atoms with Crippen LogP contribution in [-0.4, -0.2) is 30.8 Å². The van der Waals surface area contributed by atoms with Gasteiger partial charge >= 0.3 is 5.97 Å². The molecule has 0 aliphatic rings. The van der Waals surface area contributed by atoms with Crippen molar-refractivity contribution in [2.24, 2.45) is 0 Å². The van der Waals surface area contributed by atoms with Crippen molar-refractivity contribution < 1.29 is 14.6 Å². The van der Waals surface area contributed by atoms with E-state index in [2.05, 4.69) is 10.1 Å². The van der Waals surface area contributed by atoms with Crippen molar-refractivity contribution >= 4 is 5.97 Å². The van der Waals surface area contributed by atoms with Gasteiger partial charge in [-0.2, -0.15) is 0 Å². The predicted octanol–water partition coefficient (Wildman–Crippen LogP) is 0.944. The number of carbonyl (C=O) groups is 1. The normalized spacial score (nSPS) is 12.2. The topological polar surface area (TPSA) is 58.6 Å². The number of esters is 1. The number of benzene rings is 1. The summed E-state index contributed by atoms with van der Waals surface area (Å²) in [5, 5.41) is 12.2. The minimum absolute atomic E-state index is 0.330. The average molecular weight is 223 g/mol. The molecular weight excluding hydrogens is 206 g/mol. The van der Waals surface area contributed by atoms with Gasteiger partial charge in [-0.25, -0.2) is 4.79 Å². The van der Waals surface area contributed by atoms with Crippen molar-refractivity contribution in [3.8, 4) is 0 Å². The van der Waals surface area contributed by atoms with Gasteiger partial charge in [0.2, 0.25) is 0 Å². The second kappa shape index (κ2) is 6.25. The van der Waals surface area contributed by atoms with E-state index in [0.717, 1.165) is 5.56 Å². The zero-order valence-electron chi connectivity index (χ0n) is 9.56. The minimum Gasteiger partial charge on any atom is -0.465 e. The van der Waals surface area contributed by atoms with Crippen molar-refractivity contribution in [2.75, 3.05) is 13.7 Å². The summed E-state index contributed by atoms with van der Waals surface area (Å²) in [7, 11) is 1.36. The Kier molecular flexibility index (Phi) is 4.95. The molecule has 4 nitrogen and oxygen atoms in total. The van der Waals surface area contributed by atoms with Gasteiger partial charge in [0.15, 0.2) is 0 Å². The van der Waals surface area contributed by atoms with Crippen LogP contribution >= 0.6 is 0 Å². The first-order valence-electron chi connectivity index (χ1n) is 5.19.